The molecule has 110 valence electrons. The summed E-state index contributed by atoms with van der Waals surface area (Å²) in [5.74, 6) is -0.719. The van der Waals surface area contributed by atoms with Crippen LogP contribution in [0.5, 0.6) is 0 Å². The van der Waals surface area contributed by atoms with E-state index < -0.39 is 5.54 Å². The van der Waals surface area contributed by atoms with Crippen molar-refractivity contribution in [3.05, 3.63) is 34.9 Å². The molecular weight excluding hydrogens is 280 g/mol. The molecule has 1 aromatic rings. The lowest BCUT2D eigenvalue weighted by molar-refractivity contribution is -0.122. The van der Waals surface area contributed by atoms with Crippen LogP contribution in [-0.4, -0.2) is 35.6 Å². The van der Waals surface area contributed by atoms with Gasteiger partial charge in [-0.15, -0.1) is 0 Å². The number of rotatable bonds is 6. The normalized spacial score (nSPS) is 13.4. The Morgan fingerprint density at radius 3 is 2.65 bits per heavy atom. The third-order valence-corrected chi connectivity index (χ3v) is 3.30. The van der Waals surface area contributed by atoms with Crippen LogP contribution in [0.25, 0.3) is 0 Å². The van der Waals surface area contributed by atoms with Crippen molar-refractivity contribution in [2.45, 2.75) is 25.8 Å². The molecule has 0 heterocycles. The largest absolute Gasteiger partial charge is 0.394 e. The van der Waals surface area contributed by atoms with Crippen LogP contribution in [0.2, 0.25) is 5.02 Å². The Morgan fingerprint density at radius 1 is 1.40 bits per heavy atom. The molecule has 1 unspecified atom stereocenters. The number of halogens is 1. The van der Waals surface area contributed by atoms with Gasteiger partial charge in [0.1, 0.15) is 0 Å². The van der Waals surface area contributed by atoms with Crippen LogP contribution in [0.4, 0.5) is 0 Å². The second-order valence-corrected chi connectivity index (χ2v) is 5.25. The second kappa shape index (κ2) is 7.26. The number of aliphatic hydroxyl groups excluding tert-OH is 1. The van der Waals surface area contributed by atoms with Crippen molar-refractivity contribution in [3.63, 3.8) is 0 Å². The molecule has 0 radical (unpaired) electrons. The maximum Gasteiger partial charge on any atom is 0.251 e. The van der Waals surface area contributed by atoms with Crippen LogP contribution >= 0.6 is 11.6 Å². The molecule has 0 fully saturated rings. The summed E-state index contributed by atoms with van der Waals surface area (Å²) in [6.45, 7) is 3.29. The third-order valence-electron chi connectivity index (χ3n) is 3.07. The zero-order valence-corrected chi connectivity index (χ0v) is 12.3. The highest BCUT2D eigenvalue weighted by Crippen LogP contribution is 2.10. The maximum absolute atomic E-state index is 11.8. The first-order valence-electron chi connectivity index (χ1n) is 6.36. The van der Waals surface area contributed by atoms with Crippen molar-refractivity contribution >= 4 is 23.4 Å². The first kappa shape index (κ1) is 16.5. The fourth-order valence-corrected chi connectivity index (χ4v) is 1.70. The smallest absolute Gasteiger partial charge is 0.251 e. The van der Waals surface area contributed by atoms with Gasteiger partial charge in [0.25, 0.3) is 5.91 Å². The van der Waals surface area contributed by atoms with Crippen LogP contribution in [0, 0.1) is 0 Å². The number of benzene rings is 1. The van der Waals surface area contributed by atoms with Crippen molar-refractivity contribution in [2.24, 2.45) is 0 Å². The molecule has 1 rings (SSSR count). The maximum atomic E-state index is 11.8. The zero-order valence-electron chi connectivity index (χ0n) is 11.6. The number of hydrogen-bond donors (Lipinski definition) is 3. The van der Waals surface area contributed by atoms with Gasteiger partial charge in [0.2, 0.25) is 5.91 Å². The van der Waals surface area contributed by atoms with Gasteiger partial charge in [-0.05, 0) is 31.5 Å². The Balaban J connectivity index is 2.51. The highest BCUT2D eigenvalue weighted by molar-refractivity contribution is 6.30. The fourth-order valence-electron chi connectivity index (χ4n) is 1.51. The number of amides is 2. The van der Waals surface area contributed by atoms with Gasteiger partial charge in [-0.1, -0.05) is 24.6 Å². The van der Waals surface area contributed by atoms with Gasteiger partial charge < -0.3 is 15.7 Å². The van der Waals surface area contributed by atoms with E-state index in [2.05, 4.69) is 10.6 Å². The highest BCUT2D eigenvalue weighted by atomic mass is 35.5. The molecule has 0 aliphatic rings. The van der Waals surface area contributed by atoms with Gasteiger partial charge in [-0.25, -0.2) is 0 Å². The van der Waals surface area contributed by atoms with Gasteiger partial charge in [0.15, 0.2) is 0 Å². The van der Waals surface area contributed by atoms with E-state index in [1.165, 1.54) is 6.07 Å². The molecule has 1 aromatic carbocycles. The SMILES string of the molecule is CCC(C)(CO)NC(=O)CNC(=O)c1cccc(Cl)c1. The van der Waals surface area contributed by atoms with E-state index in [4.69, 9.17) is 11.6 Å². The minimum atomic E-state index is -0.669. The highest BCUT2D eigenvalue weighted by Gasteiger charge is 2.23. The molecular formula is C14H19ClN2O3. The lowest BCUT2D eigenvalue weighted by Crippen LogP contribution is -2.51. The summed E-state index contributed by atoms with van der Waals surface area (Å²) in [4.78, 5) is 23.5. The number of hydrogen-bond acceptors (Lipinski definition) is 3. The Bertz CT molecular complexity index is 487. The molecule has 0 saturated carbocycles. The van der Waals surface area contributed by atoms with Crippen LogP contribution < -0.4 is 10.6 Å². The lowest BCUT2D eigenvalue weighted by atomic mass is 10.0. The van der Waals surface area contributed by atoms with Crippen LogP contribution in [-0.2, 0) is 4.79 Å². The molecule has 1 atom stereocenters. The lowest BCUT2D eigenvalue weighted by Gasteiger charge is -2.27. The van der Waals surface area contributed by atoms with Gasteiger partial charge in [0, 0.05) is 10.6 Å². The molecule has 0 spiro atoms. The summed E-state index contributed by atoms with van der Waals surface area (Å²) in [6.07, 6.45) is 0.595. The summed E-state index contributed by atoms with van der Waals surface area (Å²) in [7, 11) is 0. The standard InChI is InChI=1S/C14H19ClN2O3/c1-3-14(2,9-18)17-12(19)8-16-13(20)10-5-4-6-11(15)7-10/h4-7,18H,3,8-9H2,1-2H3,(H,16,20)(H,17,19). The molecule has 2 amide bonds. The third kappa shape index (κ3) is 4.83. The van der Waals surface area contributed by atoms with Crippen molar-refractivity contribution in [1.82, 2.24) is 10.6 Å². The Hall–Kier alpha value is -1.59. The van der Waals surface area contributed by atoms with E-state index in [9.17, 15) is 14.7 Å². The fraction of sp³-hybridized carbons (Fsp3) is 0.429. The predicted octanol–water partition coefficient (Wildman–Crippen LogP) is 1.35. The molecule has 3 N–H and O–H groups in total. The van der Waals surface area contributed by atoms with Gasteiger partial charge in [-0.3, -0.25) is 9.59 Å². The molecule has 5 nitrogen and oxygen atoms in total. The summed E-state index contributed by atoms with van der Waals surface area (Å²) in [5.41, 5.74) is -0.275. The summed E-state index contributed by atoms with van der Waals surface area (Å²) < 4.78 is 0. The van der Waals surface area contributed by atoms with Crippen LogP contribution in [0.3, 0.4) is 0 Å². The Labute approximate surface area is 123 Å². The van der Waals surface area contributed by atoms with Crippen LogP contribution in [0.15, 0.2) is 24.3 Å². The van der Waals surface area contributed by atoms with E-state index >= 15 is 0 Å². The molecule has 6 heteroatoms. The monoisotopic (exact) mass is 298 g/mol. The zero-order chi connectivity index (χ0) is 15.2. The van der Waals surface area contributed by atoms with Gasteiger partial charge in [0.05, 0.1) is 18.7 Å². The second-order valence-electron chi connectivity index (χ2n) is 4.81. The summed E-state index contributed by atoms with van der Waals surface area (Å²) >= 11 is 5.79. The van der Waals surface area contributed by atoms with E-state index in [0.29, 0.717) is 17.0 Å². The van der Waals surface area contributed by atoms with Crippen molar-refractivity contribution in [3.8, 4) is 0 Å². The van der Waals surface area contributed by atoms with Crippen molar-refractivity contribution in [2.75, 3.05) is 13.2 Å². The van der Waals surface area contributed by atoms with Gasteiger partial charge in [-0.2, -0.15) is 0 Å². The number of nitrogens with one attached hydrogen (secondary N) is 2. The molecule has 0 bridgehead atoms. The molecule has 0 aliphatic heterocycles. The summed E-state index contributed by atoms with van der Waals surface area (Å²) in [5, 5.41) is 14.8. The average molecular weight is 299 g/mol. The van der Waals surface area contributed by atoms with E-state index in [1.54, 1.807) is 25.1 Å². The quantitative estimate of drug-likeness (QED) is 0.742. The number of aliphatic hydroxyl groups is 1. The average Bonchev–Trinajstić information content (AvgIpc) is 2.44. The minimum absolute atomic E-state index is 0.152. The van der Waals surface area contributed by atoms with E-state index in [0.717, 1.165) is 0 Å². The van der Waals surface area contributed by atoms with Crippen molar-refractivity contribution in [1.29, 1.82) is 0 Å². The van der Waals surface area contributed by atoms with E-state index in [1.807, 2.05) is 6.92 Å². The van der Waals surface area contributed by atoms with Crippen molar-refractivity contribution < 1.29 is 14.7 Å². The first-order valence-corrected chi connectivity index (χ1v) is 6.73. The first-order chi connectivity index (χ1) is 9.40. The van der Waals surface area contributed by atoms with Gasteiger partial charge >= 0.3 is 0 Å². The predicted molar refractivity (Wildman–Crippen MR) is 77.7 cm³/mol. The molecule has 0 aromatic heterocycles. The number of carbonyl (C=O) groups is 2. The Morgan fingerprint density at radius 2 is 2.10 bits per heavy atom. The number of carbonyl (C=O) groups excluding carboxylic acids is 2. The minimum Gasteiger partial charge on any atom is -0.394 e. The summed E-state index contributed by atoms with van der Waals surface area (Å²) in [6, 6.07) is 6.47. The molecule has 0 aliphatic carbocycles. The molecule has 20 heavy (non-hydrogen) atoms. The van der Waals surface area contributed by atoms with Crippen LogP contribution in [0.1, 0.15) is 30.6 Å². The topological polar surface area (TPSA) is 78.4 Å². The van der Waals surface area contributed by atoms with E-state index in [-0.39, 0.29) is 25.0 Å². The Kier molecular flexibility index (Phi) is 5.98. The molecule has 0 saturated heterocycles.